The molecule has 1 aromatic heterocycles. The van der Waals surface area contributed by atoms with E-state index in [9.17, 15) is 0 Å². The van der Waals surface area contributed by atoms with Crippen LogP contribution in [0, 0.1) is 0 Å². The predicted molar refractivity (Wildman–Crippen MR) is 58.4 cm³/mol. The van der Waals surface area contributed by atoms with Crippen molar-refractivity contribution in [2.24, 2.45) is 7.05 Å². The number of ether oxygens (including phenoxy) is 1. The molecule has 86 valence electrons. The molecule has 5 nitrogen and oxygen atoms in total. The number of aromatic nitrogens is 3. The van der Waals surface area contributed by atoms with Gasteiger partial charge in [0, 0.05) is 20.2 Å². The fourth-order valence-electron chi connectivity index (χ4n) is 1.20. The average Bonchev–Trinajstić information content (AvgIpc) is 2.57. The number of nitrogens with one attached hydrogen (secondary N) is 1. The van der Waals surface area contributed by atoms with Crippen molar-refractivity contribution in [3.8, 4) is 0 Å². The first-order valence-corrected chi connectivity index (χ1v) is 5.36. The smallest absolute Gasteiger partial charge is 0.0738 e. The summed E-state index contributed by atoms with van der Waals surface area (Å²) in [6.07, 6.45) is 3.13. The summed E-state index contributed by atoms with van der Waals surface area (Å²) in [5, 5.41) is 11.0. The Hall–Kier alpha value is -0.940. The van der Waals surface area contributed by atoms with E-state index in [0.717, 1.165) is 31.8 Å². The summed E-state index contributed by atoms with van der Waals surface area (Å²) in [5.74, 6) is 0. The zero-order valence-corrected chi connectivity index (χ0v) is 9.73. The second-order valence-corrected chi connectivity index (χ2v) is 3.80. The fraction of sp³-hybridized carbons (Fsp3) is 0.800. The van der Waals surface area contributed by atoms with E-state index in [2.05, 4.69) is 29.5 Å². The first-order valence-electron chi connectivity index (χ1n) is 5.36. The maximum atomic E-state index is 5.43. The molecule has 0 aliphatic carbocycles. The van der Waals surface area contributed by atoms with Crippen molar-refractivity contribution >= 4 is 0 Å². The largest absolute Gasteiger partial charge is 0.379 e. The van der Waals surface area contributed by atoms with Crippen LogP contribution in [0.5, 0.6) is 0 Å². The van der Waals surface area contributed by atoms with Gasteiger partial charge >= 0.3 is 0 Å². The Balaban J connectivity index is 2.00. The van der Waals surface area contributed by atoms with Crippen molar-refractivity contribution in [3.05, 3.63) is 11.9 Å². The van der Waals surface area contributed by atoms with E-state index in [0.29, 0.717) is 6.10 Å². The van der Waals surface area contributed by atoms with Gasteiger partial charge in [-0.15, -0.1) is 5.10 Å². The minimum Gasteiger partial charge on any atom is -0.379 e. The van der Waals surface area contributed by atoms with E-state index < -0.39 is 0 Å². The fourth-order valence-corrected chi connectivity index (χ4v) is 1.20. The van der Waals surface area contributed by atoms with Crippen LogP contribution in [0.1, 0.15) is 26.0 Å². The van der Waals surface area contributed by atoms with Gasteiger partial charge in [-0.05, 0) is 26.8 Å². The molecule has 0 bridgehead atoms. The van der Waals surface area contributed by atoms with Gasteiger partial charge in [-0.2, -0.15) is 0 Å². The molecule has 15 heavy (non-hydrogen) atoms. The Labute approximate surface area is 90.8 Å². The number of rotatable bonds is 7. The summed E-state index contributed by atoms with van der Waals surface area (Å²) in [4.78, 5) is 0. The Morgan fingerprint density at radius 1 is 1.53 bits per heavy atom. The summed E-state index contributed by atoms with van der Waals surface area (Å²) in [7, 11) is 1.89. The van der Waals surface area contributed by atoms with Gasteiger partial charge in [0.2, 0.25) is 0 Å². The molecule has 0 atom stereocenters. The highest BCUT2D eigenvalue weighted by molar-refractivity contribution is 4.91. The molecule has 0 aromatic carbocycles. The Morgan fingerprint density at radius 2 is 2.33 bits per heavy atom. The highest BCUT2D eigenvalue weighted by atomic mass is 16.5. The molecule has 0 saturated heterocycles. The second-order valence-electron chi connectivity index (χ2n) is 3.80. The zero-order chi connectivity index (χ0) is 11.1. The summed E-state index contributed by atoms with van der Waals surface area (Å²) < 4.78 is 7.21. The summed E-state index contributed by atoms with van der Waals surface area (Å²) >= 11 is 0. The number of aryl methyl sites for hydroxylation is 1. The first-order chi connectivity index (χ1) is 7.20. The van der Waals surface area contributed by atoms with Gasteiger partial charge in [-0.3, -0.25) is 4.68 Å². The van der Waals surface area contributed by atoms with Crippen LogP contribution >= 0.6 is 0 Å². The van der Waals surface area contributed by atoms with Crippen LogP contribution in [-0.4, -0.2) is 34.2 Å². The maximum absolute atomic E-state index is 5.43. The third-order valence-electron chi connectivity index (χ3n) is 2.06. The van der Waals surface area contributed by atoms with Crippen LogP contribution in [0.15, 0.2) is 6.20 Å². The van der Waals surface area contributed by atoms with E-state index in [-0.39, 0.29) is 0 Å². The van der Waals surface area contributed by atoms with Crippen LogP contribution < -0.4 is 5.32 Å². The monoisotopic (exact) mass is 212 g/mol. The Kier molecular flexibility index (Phi) is 5.28. The minimum atomic E-state index is 0.325. The lowest BCUT2D eigenvalue weighted by atomic mass is 10.4. The third-order valence-corrected chi connectivity index (χ3v) is 2.06. The molecule has 0 spiro atoms. The highest BCUT2D eigenvalue weighted by Crippen LogP contribution is 1.93. The van der Waals surface area contributed by atoms with Gasteiger partial charge in [0.05, 0.1) is 18.0 Å². The van der Waals surface area contributed by atoms with Crippen LogP contribution in [0.25, 0.3) is 0 Å². The van der Waals surface area contributed by atoms with E-state index >= 15 is 0 Å². The van der Waals surface area contributed by atoms with Gasteiger partial charge in [0.25, 0.3) is 0 Å². The van der Waals surface area contributed by atoms with Crippen molar-refractivity contribution in [1.82, 2.24) is 20.3 Å². The molecule has 0 radical (unpaired) electrons. The lowest BCUT2D eigenvalue weighted by Gasteiger charge is -2.07. The van der Waals surface area contributed by atoms with Crippen molar-refractivity contribution < 1.29 is 4.74 Å². The summed E-state index contributed by atoms with van der Waals surface area (Å²) in [6.45, 7) is 6.68. The molecular formula is C10H20N4O. The lowest BCUT2D eigenvalue weighted by molar-refractivity contribution is 0.0770. The van der Waals surface area contributed by atoms with Gasteiger partial charge in [0.15, 0.2) is 0 Å². The molecule has 0 fully saturated rings. The Morgan fingerprint density at radius 3 is 2.93 bits per heavy atom. The maximum Gasteiger partial charge on any atom is 0.0738 e. The zero-order valence-electron chi connectivity index (χ0n) is 9.73. The summed E-state index contributed by atoms with van der Waals surface area (Å²) in [6, 6.07) is 0. The van der Waals surface area contributed by atoms with Gasteiger partial charge in [0.1, 0.15) is 0 Å². The molecule has 1 aromatic rings. The average molecular weight is 212 g/mol. The molecule has 1 rings (SSSR count). The summed E-state index contributed by atoms with van der Waals surface area (Å²) in [5.41, 5.74) is 1.10. The molecule has 0 saturated carbocycles. The lowest BCUT2D eigenvalue weighted by Crippen LogP contribution is -2.18. The highest BCUT2D eigenvalue weighted by Gasteiger charge is 1.98. The van der Waals surface area contributed by atoms with Crippen LogP contribution in [0.2, 0.25) is 0 Å². The topological polar surface area (TPSA) is 52.0 Å². The molecule has 5 heteroatoms. The van der Waals surface area contributed by atoms with E-state index in [1.165, 1.54) is 0 Å². The van der Waals surface area contributed by atoms with Gasteiger partial charge < -0.3 is 10.1 Å². The number of hydrogen-bond donors (Lipinski definition) is 1. The SMILES string of the molecule is CC(C)OCCCNCc1cnnn1C. The molecule has 1 N–H and O–H groups in total. The predicted octanol–water partition coefficient (Wildman–Crippen LogP) is 0.720. The quantitative estimate of drug-likeness (QED) is 0.677. The van der Waals surface area contributed by atoms with Gasteiger partial charge in [-0.1, -0.05) is 5.21 Å². The molecule has 0 aliphatic heterocycles. The van der Waals surface area contributed by atoms with E-state index in [4.69, 9.17) is 4.74 Å². The van der Waals surface area contributed by atoms with Gasteiger partial charge in [-0.25, -0.2) is 0 Å². The molecule has 0 unspecified atom stereocenters. The number of nitrogens with zero attached hydrogens (tertiary/aromatic N) is 3. The minimum absolute atomic E-state index is 0.325. The standard InChI is InChI=1S/C10H20N4O/c1-9(2)15-6-4-5-11-7-10-8-12-13-14(10)3/h8-9,11H,4-7H2,1-3H3. The van der Waals surface area contributed by atoms with Crippen molar-refractivity contribution in [1.29, 1.82) is 0 Å². The third kappa shape index (κ3) is 4.90. The van der Waals surface area contributed by atoms with Crippen LogP contribution in [0.4, 0.5) is 0 Å². The molecule has 0 aliphatic rings. The number of hydrogen-bond acceptors (Lipinski definition) is 4. The van der Waals surface area contributed by atoms with Crippen LogP contribution in [-0.2, 0) is 18.3 Å². The van der Waals surface area contributed by atoms with E-state index in [1.807, 2.05) is 7.05 Å². The van der Waals surface area contributed by atoms with Crippen molar-refractivity contribution in [2.75, 3.05) is 13.2 Å². The van der Waals surface area contributed by atoms with Crippen LogP contribution in [0.3, 0.4) is 0 Å². The molecular weight excluding hydrogens is 192 g/mol. The Bertz CT molecular complexity index is 272. The first kappa shape index (κ1) is 12.1. The second kappa shape index (κ2) is 6.53. The molecule has 1 heterocycles. The molecule has 0 amide bonds. The van der Waals surface area contributed by atoms with Crippen molar-refractivity contribution in [3.63, 3.8) is 0 Å². The van der Waals surface area contributed by atoms with E-state index in [1.54, 1.807) is 10.9 Å². The normalized spacial score (nSPS) is 11.2. The van der Waals surface area contributed by atoms with Crippen molar-refractivity contribution in [2.45, 2.75) is 32.9 Å².